The van der Waals surface area contributed by atoms with Gasteiger partial charge in [-0.3, -0.25) is 0 Å². The average molecular weight is 303 g/mol. The summed E-state index contributed by atoms with van der Waals surface area (Å²) in [4.78, 5) is 11.6. The largest absolute Gasteiger partial charge is 0.497 e. The van der Waals surface area contributed by atoms with E-state index in [1.807, 2.05) is 36.4 Å². The van der Waals surface area contributed by atoms with E-state index in [-0.39, 0.29) is 6.61 Å². The van der Waals surface area contributed by atoms with Crippen molar-refractivity contribution in [3.8, 4) is 5.75 Å². The number of carbonyl (C=O) groups excluding carboxylic acids is 1. The summed E-state index contributed by atoms with van der Waals surface area (Å²) in [5.41, 5.74) is 1.76. The summed E-state index contributed by atoms with van der Waals surface area (Å²) in [6.45, 7) is 0.209. The van der Waals surface area contributed by atoms with Crippen LogP contribution < -0.4 is 4.74 Å². The summed E-state index contributed by atoms with van der Waals surface area (Å²) in [5.74, 6) is 0.341. The molecule has 0 fully saturated rings. The van der Waals surface area contributed by atoms with E-state index in [1.54, 1.807) is 25.3 Å². The van der Waals surface area contributed by atoms with Crippen LogP contribution in [0.5, 0.6) is 5.75 Å². The Labute approximate surface area is 128 Å². The van der Waals surface area contributed by atoms with Gasteiger partial charge in [-0.2, -0.15) is 0 Å². The summed E-state index contributed by atoms with van der Waals surface area (Å²) in [7, 11) is 1.60. The van der Waals surface area contributed by atoms with Crippen LogP contribution >= 0.6 is 11.6 Å². The number of esters is 1. The molecule has 0 aliphatic heterocycles. The summed E-state index contributed by atoms with van der Waals surface area (Å²) in [6, 6.07) is 14.6. The topological polar surface area (TPSA) is 35.5 Å². The van der Waals surface area contributed by atoms with Crippen molar-refractivity contribution in [2.24, 2.45) is 0 Å². The molecule has 0 bridgehead atoms. The Morgan fingerprint density at radius 1 is 1.19 bits per heavy atom. The van der Waals surface area contributed by atoms with Gasteiger partial charge in [0, 0.05) is 11.1 Å². The molecule has 4 heteroatoms. The minimum atomic E-state index is -0.396. The third-order valence-corrected chi connectivity index (χ3v) is 3.05. The molecule has 0 aliphatic carbocycles. The molecular formula is C17H15ClO3. The van der Waals surface area contributed by atoms with Crippen molar-refractivity contribution in [3.63, 3.8) is 0 Å². The van der Waals surface area contributed by atoms with Gasteiger partial charge in [-0.25, -0.2) is 4.79 Å². The predicted molar refractivity (Wildman–Crippen MR) is 83.3 cm³/mol. The van der Waals surface area contributed by atoms with Gasteiger partial charge in [0.25, 0.3) is 0 Å². The van der Waals surface area contributed by atoms with Gasteiger partial charge in [-0.1, -0.05) is 35.9 Å². The molecule has 108 valence electrons. The van der Waals surface area contributed by atoms with Gasteiger partial charge in [0.1, 0.15) is 12.4 Å². The quantitative estimate of drug-likeness (QED) is 0.616. The zero-order valence-electron chi connectivity index (χ0n) is 11.6. The first-order chi connectivity index (χ1) is 10.2. The van der Waals surface area contributed by atoms with Crippen LogP contribution in [-0.4, -0.2) is 13.1 Å². The van der Waals surface area contributed by atoms with Crippen LogP contribution in [0.15, 0.2) is 54.6 Å². The maximum absolute atomic E-state index is 11.6. The number of methoxy groups -OCH3 is 1. The van der Waals surface area contributed by atoms with Gasteiger partial charge < -0.3 is 9.47 Å². The molecule has 2 aromatic carbocycles. The zero-order valence-corrected chi connectivity index (χ0v) is 12.3. The van der Waals surface area contributed by atoms with Gasteiger partial charge >= 0.3 is 5.97 Å². The first-order valence-corrected chi connectivity index (χ1v) is 6.78. The molecule has 0 N–H and O–H groups in total. The molecule has 2 aromatic rings. The molecule has 3 nitrogen and oxygen atoms in total. The smallest absolute Gasteiger partial charge is 0.331 e. The summed E-state index contributed by atoms with van der Waals surface area (Å²) in [6.07, 6.45) is 3.08. The standard InChI is InChI=1S/C17H15ClO3/c1-20-16-4-2-3-14(11-16)12-21-17(19)10-7-13-5-8-15(18)9-6-13/h2-11H,12H2,1H3/b10-7+. The molecule has 0 radical (unpaired) electrons. The van der Waals surface area contributed by atoms with Gasteiger partial charge in [-0.15, -0.1) is 0 Å². The lowest BCUT2D eigenvalue weighted by Crippen LogP contribution is -2.00. The van der Waals surface area contributed by atoms with Crippen LogP contribution in [0.3, 0.4) is 0 Å². The number of hydrogen-bond donors (Lipinski definition) is 0. The Morgan fingerprint density at radius 3 is 2.67 bits per heavy atom. The molecule has 2 rings (SSSR count). The molecule has 0 aliphatic rings. The molecule has 0 saturated heterocycles. The number of carbonyl (C=O) groups is 1. The second-order valence-corrected chi connectivity index (χ2v) is 4.78. The van der Waals surface area contributed by atoms with Crippen molar-refractivity contribution in [2.45, 2.75) is 6.61 Å². The van der Waals surface area contributed by atoms with Gasteiger partial charge in [0.15, 0.2) is 0 Å². The fraction of sp³-hybridized carbons (Fsp3) is 0.118. The number of rotatable bonds is 5. The molecule has 0 aromatic heterocycles. The lowest BCUT2D eigenvalue weighted by Gasteiger charge is -2.04. The monoisotopic (exact) mass is 302 g/mol. The van der Waals surface area contributed by atoms with E-state index in [1.165, 1.54) is 6.08 Å². The zero-order chi connectivity index (χ0) is 15.1. The summed E-state index contributed by atoms with van der Waals surface area (Å²) in [5, 5.41) is 0.660. The lowest BCUT2D eigenvalue weighted by molar-refractivity contribution is -0.138. The van der Waals surface area contributed by atoms with Crippen LogP contribution in [0.4, 0.5) is 0 Å². The Balaban J connectivity index is 1.88. The van der Waals surface area contributed by atoms with Crippen molar-refractivity contribution in [1.29, 1.82) is 0 Å². The van der Waals surface area contributed by atoms with Crippen molar-refractivity contribution < 1.29 is 14.3 Å². The lowest BCUT2D eigenvalue weighted by atomic mass is 10.2. The van der Waals surface area contributed by atoms with Crippen molar-refractivity contribution in [3.05, 3.63) is 70.8 Å². The highest BCUT2D eigenvalue weighted by atomic mass is 35.5. The first-order valence-electron chi connectivity index (χ1n) is 6.41. The Kier molecular flexibility index (Phi) is 5.41. The normalized spacial score (nSPS) is 10.6. The molecular weight excluding hydrogens is 288 g/mol. The van der Waals surface area contributed by atoms with E-state index in [0.29, 0.717) is 5.02 Å². The van der Waals surface area contributed by atoms with Crippen molar-refractivity contribution >= 4 is 23.6 Å². The Morgan fingerprint density at radius 2 is 1.95 bits per heavy atom. The van der Waals surface area contributed by atoms with Crippen LogP contribution in [0.25, 0.3) is 6.08 Å². The van der Waals surface area contributed by atoms with E-state index in [4.69, 9.17) is 21.1 Å². The first kappa shape index (κ1) is 15.1. The number of hydrogen-bond acceptors (Lipinski definition) is 3. The Bertz CT molecular complexity index is 633. The minimum absolute atomic E-state index is 0.209. The van der Waals surface area contributed by atoms with Crippen LogP contribution in [0.2, 0.25) is 5.02 Å². The second-order valence-electron chi connectivity index (χ2n) is 4.34. The van der Waals surface area contributed by atoms with Crippen LogP contribution in [-0.2, 0) is 16.1 Å². The van der Waals surface area contributed by atoms with Gasteiger partial charge in [-0.05, 0) is 41.5 Å². The minimum Gasteiger partial charge on any atom is -0.497 e. The third-order valence-electron chi connectivity index (χ3n) is 2.80. The van der Waals surface area contributed by atoms with E-state index in [2.05, 4.69) is 0 Å². The summed E-state index contributed by atoms with van der Waals surface area (Å²) < 4.78 is 10.3. The fourth-order valence-electron chi connectivity index (χ4n) is 1.70. The molecule has 0 spiro atoms. The second kappa shape index (κ2) is 7.50. The van der Waals surface area contributed by atoms with E-state index in [9.17, 15) is 4.79 Å². The van der Waals surface area contributed by atoms with E-state index in [0.717, 1.165) is 16.9 Å². The van der Waals surface area contributed by atoms with Crippen LogP contribution in [0.1, 0.15) is 11.1 Å². The predicted octanol–water partition coefficient (Wildman–Crippen LogP) is 4.11. The number of benzene rings is 2. The molecule has 0 heterocycles. The van der Waals surface area contributed by atoms with Crippen molar-refractivity contribution in [1.82, 2.24) is 0 Å². The molecule has 0 unspecified atom stereocenters. The maximum atomic E-state index is 11.6. The van der Waals surface area contributed by atoms with E-state index < -0.39 is 5.97 Å². The third kappa shape index (κ3) is 4.97. The SMILES string of the molecule is COc1cccc(COC(=O)/C=C/c2ccc(Cl)cc2)c1. The summed E-state index contributed by atoms with van der Waals surface area (Å²) >= 11 is 5.79. The van der Waals surface area contributed by atoms with Crippen LogP contribution in [0, 0.1) is 0 Å². The Hall–Kier alpha value is -2.26. The highest BCUT2D eigenvalue weighted by Crippen LogP contribution is 2.14. The molecule has 21 heavy (non-hydrogen) atoms. The van der Waals surface area contributed by atoms with Gasteiger partial charge in [0.05, 0.1) is 7.11 Å². The molecule has 0 atom stereocenters. The van der Waals surface area contributed by atoms with Gasteiger partial charge in [0.2, 0.25) is 0 Å². The average Bonchev–Trinajstić information content (AvgIpc) is 2.52. The number of ether oxygens (including phenoxy) is 2. The van der Waals surface area contributed by atoms with Crippen molar-refractivity contribution in [2.75, 3.05) is 7.11 Å². The number of halogens is 1. The highest BCUT2D eigenvalue weighted by Gasteiger charge is 2.00. The van der Waals surface area contributed by atoms with E-state index >= 15 is 0 Å². The molecule has 0 saturated carbocycles. The molecule has 0 amide bonds. The highest BCUT2D eigenvalue weighted by molar-refractivity contribution is 6.30. The maximum Gasteiger partial charge on any atom is 0.331 e. The fourth-order valence-corrected chi connectivity index (χ4v) is 1.83.